The molecule has 1 unspecified atom stereocenters. The van der Waals surface area contributed by atoms with E-state index in [4.69, 9.17) is 4.74 Å². The van der Waals surface area contributed by atoms with E-state index in [1.807, 2.05) is 33.9 Å². The molecule has 114 valence electrons. The molecular weight excluding hydrogens is 274 g/mol. The Hall–Kier alpha value is -1.01. The van der Waals surface area contributed by atoms with Crippen molar-refractivity contribution in [2.75, 3.05) is 12.4 Å². The largest absolute Gasteiger partial charge is 0.465 e. The number of nitrogens with zero attached hydrogens (tertiary/aromatic N) is 1. The first-order chi connectivity index (χ1) is 9.48. The molecule has 0 amide bonds. The van der Waals surface area contributed by atoms with Crippen molar-refractivity contribution in [2.24, 2.45) is 0 Å². The van der Waals surface area contributed by atoms with E-state index in [0.717, 1.165) is 23.8 Å². The van der Waals surface area contributed by atoms with Crippen molar-refractivity contribution in [3.8, 4) is 0 Å². The summed E-state index contributed by atoms with van der Waals surface area (Å²) in [7, 11) is 0. The molecule has 0 aliphatic rings. The molecule has 0 radical (unpaired) electrons. The molecule has 0 bridgehead atoms. The lowest BCUT2D eigenvalue weighted by molar-refractivity contribution is -0.151. The van der Waals surface area contributed by atoms with Crippen molar-refractivity contribution < 1.29 is 9.53 Å². The van der Waals surface area contributed by atoms with E-state index in [9.17, 15) is 4.79 Å². The SMILES string of the molecule is CCOC(=O)C(C)(CCCSc1ncc[nH]1)NC(C)C. The molecule has 0 aromatic carbocycles. The van der Waals surface area contributed by atoms with Gasteiger partial charge in [0, 0.05) is 24.2 Å². The van der Waals surface area contributed by atoms with E-state index < -0.39 is 5.54 Å². The van der Waals surface area contributed by atoms with Crippen LogP contribution in [-0.4, -0.2) is 39.9 Å². The lowest BCUT2D eigenvalue weighted by Gasteiger charge is -2.30. The van der Waals surface area contributed by atoms with Crippen LogP contribution in [-0.2, 0) is 9.53 Å². The molecule has 0 spiro atoms. The third-order valence-corrected chi connectivity index (χ3v) is 3.86. The molecule has 1 aromatic heterocycles. The Balaban J connectivity index is 2.45. The van der Waals surface area contributed by atoms with Gasteiger partial charge in [0.15, 0.2) is 5.16 Å². The molecule has 0 saturated heterocycles. The van der Waals surface area contributed by atoms with Gasteiger partial charge in [-0.05, 0) is 40.5 Å². The van der Waals surface area contributed by atoms with E-state index in [-0.39, 0.29) is 12.0 Å². The smallest absolute Gasteiger partial charge is 0.326 e. The van der Waals surface area contributed by atoms with Gasteiger partial charge in [-0.3, -0.25) is 10.1 Å². The zero-order valence-corrected chi connectivity index (χ0v) is 13.5. The quantitative estimate of drug-likeness (QED) is 0.417. The predicted molar refractivity (Wildman–Crippen MR) is 81.9 cm³/mol. The maximum atomic E-state index is 12.1. The molecule has 1 aromatic rings. The highest BCUT2D eigenvalue weighted by Crippen LogP contribution is 2.20. The molecular formula is C14H25N3O2S. The highest BCUT2D eigenvalue weighted by atomic mass is 32.2. The number of nitrogens with one attached hydrogen (secondary N) is 2. The van der Waals surface area contributed by atoms with Gasteiger partial charge in [-0.2, -0.15) is 0 Å². The number of H-pyrrole nitrogens is 1. The number of thioether (sulfide) groups is 1. The van der Waals surface area contributed by atoms with E-state index in [1.165, 1.54) is 0 Å². The number of carbonyl (C=O) groups excluding carboxylic acids is 1. The van der Waals surface area contributed by atoms with Crippen molar-refractivity contribution in [1.82, 2.24) is 15.3 Å². The number of imidazole rings is 1. The van der Waals surface area contributed by atoms with Gasteiger partial charge in [0.25, 0.3) is 0 Å². The maximum Gasteiger partial charge on any atom is 0.326 e. The van der Waals surface area contributed by atoms with Gasteiger partial charge in [-0.1, -0.05) is 11.8 Å². The number of carbonyl (C=O) groups is 1. The Morgan fingerprint density at radius 1 is 1.60 bits per heavy atom. The Labute approximate surface area is 125 Å². The van der Waals surface area contributed by atoms with Crippen molar-refractivity contribution in [3.05, 3.63) is 12.4 Å². The molecule has 1 rings (SSSR count). The van der Waals surface area contributed by atoms with Crippen LogP contribution in [0.1, 0.15) is 40.5 Å². The second-order valence-electron chi connectivity index (χ2n) is 5.20. The highest BCUT2D eigenvalue weighted by Gasteiger charge is 2.34. The van der Waals surface area contributed by atoms with Crippen LogP contribution in [0.2, 0.25) is 0 Å². The first kappa shape index (κ1) is 17.0. The topological polar surface area (TPSA) is 67.0 Å². The third-order valence-electron chi connectivity index (χ3n) is 2.87. The molecule has 6 heteroatoms. The van der Waals surface area contributed by atoms with Crippen LogP contribution >= 0.6 is 11.8 Å². The number of ether oxygens (including phenoxy) is 1. The fourth-order valence-electron chi connectivity index (χ4n) is 2.08. The van der Waals surface area contributed by atoms with Crippen LogP contribution in [0.25, 0.3) is 0 Å². The van der Waals surface area contributed by atoms with Crippen LogP contribution in [0.5, 0.6) is 0 Å². The molecule has 20 heavy (non-hydrogen) atoms. The zero-order chi connectivity index (χ0) is 15.0. The van der Waals surface area contributed by atoms with Crippen LogP contribution < -0.4 is 5.32 Å². The minimum Gasteiger partial charge on any atom is -0.465 e. The summed E-state index contributed by atoms with van der Waals surface area (Å²) in [6.45, 7) is 8.24. The van der Waals surface area contributed by atoms with E-state index in [2.05, 4.69) is 15.3 Å². The highest BCUT2D eigenvalue weighted by molar-refractivity contribution is 7.99. The van der Waals surface area contributed by atoms with Crippen LogP contribution in [0, 0.1) is 0 Å². The average molecular weight is 299 g/mol. The van der Waals surface area contributed by atoms with Gasteiger partial charge in [0.2, 0.25) is 0 Å². The summed E-state index contributed by atoms with van der Waals surface area (Å²) in [5.41, 5.74) is -0.617. The van der Waals surface area contributed by atoms with E-state index >= 15 is 0 Å². The summed E-state index contributed by atoms with van der Waals surface area (Å²) >= 11 is 1.67. The van der Waals surface area contributed by atoms with Gasteiger partial charge in [0.05, 0.1) is 6.61 Å². The van der Waals surface area contributed by atoms with Gasteiger partial charge in [-0.15, -0.1) is 0 Å². The molecule has 1 atom stereocenters. The predicted octanol–water partition coefficient (Wildman–Crippen LogP) is 2.60. The van der Waals surface area contributed by atoms with Gasteiger partial charge in [0.1, 0.15) is 5.54 Å². The average Bonchev–Trinajstić information content (AvgIpc) is 2.87. The maximum absolute atomic E-state index is 12.1. The van der Waals surface area contributed by atoms with E-state index in [1.54, 1.807) is 18.0 Å². The number of aromatic nitrogens is 2. The summed E-state index contributed by atoms with van der Waals surface area (Å²) in [5.74, 6) is 0.749. The molecule has 0 aliphatic carbocycles. The summed E-state index contributed by atoms with van der Waals surface area (Å²) in [6, 6.07) is 0.238. The standard InChI is InChI=1S/C14H25N3O2S/c1-5-19-12(18)14(4,17-11(2)3)7-6-10-20-13-15-8-9-16-13/h8-9,11,17H,5-7,10H2,1-4H3,(H,15,16). The summed E-state index contributed by atoms with van der Waals surface area (Å²) in [6.07, 6.45) is 5.22. The van der Waals surface area contributed by atoms with Gasteiger partial charge >= 0.3 is 5.97 Å². The number of hydrogen-bond donors (Lipinski definition) is 2. The van der Waals surface area contributed by atoms with Crippen LogP contribution in [0.15, 0.2) is 17.6 Å². The van der Waals surface area contributed by atoms with Gasteiger partial charge < -0.3 is 9.72 Å². The lowest BCUT2D eigenvalue weighted by Crippen LogP contribution is -2.53. The second kappa shape index (κ2) is 8.32. The van der Waals surface area contributed by atoms with Crippen LogP contribution in [0.4, 0.5) is 0 Å². The third kappa shape index (κ3) is 5.54. The number of esters is 1. The van der Waals surface area contributed by atoms with Crippen molar-refractivity contribution in [2.45, 2.75) is 57.3 Å². The fraction of sp³-hybridized carbons (Fsp3) is 0.714. The van der Waals surface area contributed by atoms with Crippen molar-refractivity contribution in [3.63, 3.8) is 0 Å². The Kier molecular flexibility index (Phi) is 7.09. The summed E-state index contributed by atoms with van der Waals surface area (Å²) in [5, 5.41) is 4.24. The Bertz CT molecular complexity index is 395. The summed E-state index contributed by atoms with van der Waals surface area (Å²) in [4.78, 5) is 19.3. The minimum atomic E-state index is -0.617. The van der Waals surface area contributed by atoms with E-state index in [0.29, 0.717) is 6.61 Å². The number of rotatable bonds is 9. The van der Waals surface area contributed by atoms with Crippen molar-refractivity contribution in [1.29, 1.82) is 0 Å². The lowest BCUT2D eigenvalue weighted by atomic mass is 9.95. The van der Waals surface area contributed by atoms with Crippen molar-refractivity contribution >= 4 is 17.7 Å². The first-order valence-electron chi connectivity index (χ1n) is 7.05. The Morgan fingerprint density at radius 2 is 2.35 bits per heavy atom. The molecule has 2 N–H and O–H groups in total. The minimum absolute atomic E-state index is 0.170. The molecule has 0 saturated carbocycles. The molecule has 1 heterocycles. The normalized spacial score (nSPS) is 14.2. The summed E-state index contributed by atoms with van der Waals surface area (Å²) < 4.78 is 5.18. The second-order valence-corrected chi connectivity index (χ2v) is 6.28. The fourth-order valence-corrected chi connectivity index (χ4v) is 2.85. The monoisotopic (exact) mass is 299 g/mol. The molecule has 0 fully saturated rings. The zero-order valence-electron chi connectivity index (χ0n) is 12.7. The molecule has 0 aliphatic heterocycles. The van der Waals surface area contributed by atoms with Gasteiger partial charge in [-0.25, -0.2) is 4.98 Å². The number of aromatic amines is 1. The number of hydrogen-bond acceptors (Lipinski definition) is 5. The molecule has 5 nitrogen and oxygen atoms in total. The Morgan fingerprint density at radius 3 is 2.90 bits per heavy atom. The van der Waals surface area contributed by atoms with Crippen LogP contribution in [0.3, 0.4) is 0 Å². The first-order valence-corrected chi connectivity index (χ1v) is 8.03.